The fourth-order valence-corrected chi connectivity index (χ4v) is 2.38. The van der Waals surface area contributed by atoms with Crippen LogP contribution in [0.25, 0.3) is 0 Å². The summed E-state index contributed by atoms with van der Waals surface area (Å²) in [5.74, 6) is 0.937. The minimum absolute atomic E-state index is 0. The van der Waals surface area contributed by atoms with E-state index in [-0.39, 0.29) is 29.9 Å². The molecular formula is C15H31IN4O. The van der Waals surface area contributed by atoms with Crippen molar-refractivity contribution in [3.63, 3.8) is 0 Å². The van der Waals surface area contributed by atoms with Gasteiger partial charge in [-0.2, -0.15) is 0 Å². The maximum absolute atomic E-state index is 11.5. The zero-order valence-electron chi connectivity index (χ0n) is 13.4. The second kappa shape index (κ2) is 13.2. The molecule has 0 atom stereocenters. The number of nitrogens with zero attached hydrogens (tertiary/aromatic N) is 1. The number of aliphatic imine (C=N–C) groups is 1. The molecule has 0 aromatic heterocycles. The number of amides is 1. The van der Waals surface area contributed by atoms with Crippen LogP contribution in [0.4, 0.5) is 0 Å². The fourth-order valence-electron chi connectivity index (χ4n) is 2.38. The Labute approximate surface area is 146 Å². The van der Waals surface area contributed by atoms with Gasteiger partial charge in [0.1, 0.15) is 0 Å². The summed E-state index contributed by atoms with van der Waals surface area (Å²) in [6.07, 6.45) is 7.83. The molecule has 1 aliphatic carbocycles. The van der Waals surface area contributed by atoms with Crippen molar-refractivity contribution in [3.8, 4) is 0 Å². The summed E-state index contributed by atoms with van der Waals surface area (Å²) < 4.78 is 0. The Hall–Kier alpha value is -0.530. The quantitative estimate of drug-likeness (QED) is 0.343. The monoisotopic (exact) mass is 410 g/mol. The third-order valence-corrected chi connectivity index (χ3v) is 3.47. The Morgan fingerprint density at radius 3 is 2.48 bits per heavy atom. The van der Waals surface area contributed by atoms with Crippen LogP contribution < -0.4 is 16.0 Å². The highest BCUT2D eigenvalue weighted by Crippen LogP contribution is 2.17. The van der Waals surface area contributed by atoms with E-state index < -0.39 is 0 Å². The van der Waals surface area contributed by atoms with Crippen LogP contribution in [0.2, 0.25) is 0 Å². The topological polar surface area (TPSA) is 65.5 Å². The summed E-state index contributed by atoms with van der Waals surface area (Å²) in [6.45, 7) is 6.25. The average Bonchev–Trinajstić information content (AvgIpc) is 2.46. The predicted molar refractivity (Wildman–Crippen MR) is 99.3 cm³/mol. The van der Waals surface area contributed by atoms with Gasteiger partial charge in [0.15, 0.2) is 5.96 Å². The molecule has 1 amide bonds. The zero-order chi connectivity index (χ0) is 14.6. The molecule has 0 aliphatic heterocycles. The lowest BCUT2D eigenvalue weighted by atomic mass is 9.96. The minimum Gasteiger partial charge on any atom is -0.357 e. The van der Waals surface area contributed by atoms with E-state index in [9.17, 15) is 4.79 Å². The van der Waals surface area contributed by atoms with Crippen molar-refractivity contribution in [2.45, 2.75) is 64.8 Å². The summed E-state index contributed by atoms with van der Waals surface area (Å²) in [7, 11) is 0. The Morgan fingerprint density at radius 2 is 1.86 bits per heavy atom. The Bertz CT molecular complexity index is 304. The van der Waals surface area contributed by atoms with Gasteiger partial charge < -0.3 is 16.0 Å². The van der Waals surface area contributed by atoms with Gasteiger partial charge >= 0.3 is 0 Å². The Morgan fingerprint density at radius 1 is 1.14 bits per heavy atom. The highest BCUT2D eigenvalue weighted by Gasteiger charge is 2.14. The van der Waals surface area contributed by atoms with Crippen molar-refractivity contribution in [2.24, 2.45) is 4.99 Å². The van der Waals surface area contributed by atoms with Crippen LogP contribution >= 0.6 is 24.0 Å². The van der Waals surface area contributed by atoms with E-state index in [4.69, 9.17) is 0 Å². The van der Waals surface area contributed by atoms with Crippen LogP contribution in [0.15, 0.2) is 4.99 Å². The van der Waals surface area contributed by atoms with Gasteiger partial charge in [0.2, 0.25) is 5.91 Å². The first-order valence-corrected chi connectivity index (χ1v) is 8.07. The van der Waals surface area contributed by atoms with Crippen molar-refractivity contribution < 1.29 is 4.79 Å². The van der Waals surface area contributed by atoms with Gasteiger partial charge in [-0.25, -0.2) is 0 Å². The molecule has 0 heterocycles. The molecule has 1 saturated carbocycles. The van der Waals surface area contributed by atoms with E-state index in [2.05, 4.69) is 34.8 Å². The van der Waals surface area contributed by atoms with Crippen LogP contribution in [0.3, 0.4) is 0 Å². The van der Waals surface area contributed by atoms with Crippen molar-refractivity contribution in [3.05, 3.63) is 0 Å². The normalized spacial score (nSPS) is 16.0. The molecule has 1 fully saturated rings. The van der Waals surface area contributed by atoms with Crippen LogP contribution in [-0.2, 0) is 4.79 Å². The average molecular weight is 410 g/mol. The second-order valence-corrected chi connectivity index (χ2v) is 5.34. The summed E-state index contributed by atoms with van der Waals surface area (Å²) in [5.41, 5.74) is 0. The van der Waals surface area contributed by atoms with Gasteiger partial charge in [-0.15, -0.1) is 24.0 Å². The summed E-state index contributed by atoms with van der Waals surface area (Å²) >= 11 is 0. The molecular weight excluding hydrogens is 379 g/mol. The summed E-state index contributed by atoms with van der Waals surface area (Å²) in [6, 6.07) is 0.537. The molecule has 0 bridgehead atoms. The van der Waals surface area contributed by atoms with Gasteiger partial charge in [-0.1, -0.05) is 26.2 Å². The first-order valence-electron chi connectivity index (χ1n) is 8.07. The second-order valence-electron chi connectivity index (χ2n) is 5.34. The zero-order valence-corrected chi connectivity index (χ0v) is 15.7. The third kappa shape index (κ3) is 9.92. The van der Waals surface area contributed by atoms with Crippen molar-refractivity contribution >= 4 is 35.8 Å². The molecule has 0 aromatic rings. The predicted octanol–water partition coefficient (Wildman–Crippen LogP) is 2.41. The standard InChI is InChI=1S/C15H30N4O.HI/c1-3-11-17-14(20)10-12-18-15(16-4-2)19-13-8-6-5-7-9-13;/h13H,3-12H2,1-2H3,(H,17,20)(H2,16,18,19);1H. The maximum atomic E-state index is 11.5. The van der Waals surface area contributed by atoms with E-state index >= 15 is 0 Å². The van der Waals surface area contributed by atoms with Crippen LogP contribution in [0.5, 0.6) is 0 Å². The van der Waals surface area contributed by atoms with Crippen molar-refractivity contribution in [1.29, 1.82) is 0 Å². The lowest BCUT2D eigenvalue weighted by Crippen LogP contribution is -2.44. The van der Waals surface area contributed by atoms with Gasteiger partial charge in [-0.05, 0) is 26.2 Å². The van der Waals surface area contributed by atoms with Crippen molar-refractivity contribution in [2.75, 3.05) is 19.6 Å². The highest BCUT2D eigenvalue weighted by atomic mass is 127. The van der Waals surface area contributed by atoms with E-state index in [1.807, 2.05) is 0 Å². The molecule has 0 radical (unpaired) electrons. The van der Waals surface area contributed by atoms with Crippen LogP contribution in [-0.4, -0.2) is 37.5 Å². The number of carbonyl (C=O) groups is 1. The van der Waals surface area contributed by atoms with Crippen molar-refractivity contribution in [1.82, 2.24) is 16.0 Å². The van der Waals surface area contributed by atoms with Crippen LogP contribution in [0.1, 0.15) is 58.8 Å². The highest BCUT2D eigenvalue weighted by molar-refractivity contribution is 14.0. The number of carbonyl (C=O) groups excluding carboxylic acids is 1. The SMILES string of the molecule is CCCNC(=O)CCN=C(NCC)NC1CCCCC1.I. The number of nitrogens with one attached hydrogen (secondary N) is 3. The first kappa shape index (κ1) is 20.5. The lowest BCUT2D eigenvalue weighted by molar-refractivity contribution is -0.120. The van der Waals surface area contributed by atoms with E-state index in [1.54, 1.807) is 0 Å². The van der Waals surface area contributed by atoms with Gasteiger partial charge in [0.05, 0.1) is 6.54 Å². The number of guanidine groups is 1. The van der Waals surface area contributed by atoms with Gasteiger partial charge in [0, 0.05) is 25.6 Å². The Kier molecular flexibility index (Phi) is 12.8. The molecule has 1 rings (SSSR count). The molecule has 6 heteroatoms. The number of hydrogen-bond donors (Lipinski definition) is 3. The number of rotatable bonds is 7. The van der Waals surface area contributed by atoms with E-state index in [0.29, 0.717) is 19.0 Å². The maximum Gasteiger partial charge on any atom is 0.221 e. The molecule has 0 spiro atoms. The van der Waals surface area contributed by atoms with Crippen LogP contribution in [0, 0.1) is 0 Å². The molecule has 124 valence electrons. The van der Waals surface area contributed by atoms with Gasteiger partial charge in [-0.3, -0.25) is 9.79 Å². The van der Waals surface area contributed by atoms with E-state index in [1.165, 1.54) is 32.1 Å². The number of hydrogen-bond acceptors (Lipinski definition) is 2. The molecule has 0 unspecified atom stereocenters. The molecule has 0 aromatic carbocycles. The summed E-state index contributed by atoms with van der Waals surface area (Å²) in [5, 5.41) is 9.61. The number of halogens is 1. The largest absolute Gasteiger partial charge is 0.357 e. The molecule has 5 nitrogen and oxygen atoms in total. The molecule has 3 N–H and O–H groups in total. The first-order chi connectivity index (χ1) is 9.76. The fraction of sp³-hybridized carbons (Fsp3) is 0.867. The smallest absolute Gasteiger partial charge is 0.221 e. The minimum atomic E-state index is 0. The summed E-state index contributed by atoms with van der Waals surface area (Å²) in [4.78, 5) is 16.0. The third-order valence-electron chi connectivity index (χ3n) is 3.47. The lowest BCUT2D eigenvalue weighted by Gasteiger charge is -2.24. The molecule has 0 saturated heterocycles. The Balaban J connectivity index is 0.00000400. The molecule has 1 aliphatic rings. The molecule has 21 heavy (non-hydrogen) atoms. The van der Waals surface area contributed by atoms with E-state index in [0.717, 1.165) is 25.5 Å². The van der Waals surface area contributed by atoms with Gasteiger partial charge in [0.25, 0.3) is 0 Å².